The van der Waals surface area contributed by atoms with Gasteiger partial charge in [-0.2, -0.15) is 0 Å². The minimum absolute atomic E-state index is 0.0746. The summed E-state index contributed by atoms with van der Waals surface area (Å²) in [7, 11) is 4.08. The molecule has 0 aliphatic heterocycles. The molecular weight excluding hydrogens is 302 g/mol. The van der Waals surface area contributed by atoms with Crippen LogP contribution in [0.2, 0.25) is 0 Å². The van der Waals surface area contributed by atoms with Gasteiger partial charge in [-0.1, -0.05) is 37.1 Å². The van der Waals surface area contributed by atoms with E-state index < -0.39 is 6.04 Å². The summed E-state index contributed by atoms with van der Waals surface area (Å²) in [4.78, 5) is 26.1. The number of rotatable bonds is 7. The van der Waals surface area contributed by atoms with Crippen LogP contribution in [0.3, 0.4) is 0 Å². The van der Waals surface area contributed by atoms with Crippen molar-refractivity contribution in [3.63, 3.8) is 0 Å². The van der Waals surface area contributed by atoms with Crippen LogP contribution in [-0.4, -0.2) is 36.9 Å². The maximum Gasteiger partial charge on any atom is 0.243 e. The Morgan fingerprint density at radius 3 is 2.25 bits per heavy atom. The van der Waals surface area contributed by atoms with Gasteiger partial charge in [-0.3, -0.25) is 9.59 Å². The molecule has 1 unspecified atom stereocenters. The zero-order valence-electron chi connectivity index (χ0n) is 15.0. The molecule has 1 aromatic rings. The number of carbonyl (C=O) groups excluding carboxylic acids is 2. The average molecular weight is 331 g/mol. The second kappa shape index (κ2) is 8.83. The van der Waals surface area contributed by atoms with Gasteiger partial charge in [-0.15, -0.1) is 0 Å². The Balaban J connectivity index is 1.90. The van der Waals surface area contributed by atoms with Crippen LogP contribution in [0.15, 0.2) is 24.3 Å². The molecule has 0 bridgehead atoms. The largest absolute Gasteiger partial charge is 0.350 e. The van der Waals surface area contributed by atoms with Crippen LogP contribution in [0.25, 0.3) is 0 Å². The maximum absolute atomic E-state index is 12.5. The van der Waals surface area contributed by atoms with Crippen LogP contribution in [0.5, 0.6) is 0 Å². The molecule has 1 saturated carbocycles. The van der Waals surface area contributed by atoms with Gasteiger partial charge in [0.05, 0.1) is 0 Å². The molecule has 0 radical (unpaired) electrons. The van der Waals surface area contributed by atoms with Crippen molar-refractivity contribution in [2.75, 3.05) is 14.1 Å². The Morgan fingerprint density at radius 2 is 1.71 bits per heavy atom. The van der Waals surface area contributed by atoms with E-state index in [1.807, 2.05) is 26.2 Å². The summed E-state index contributed by atoms with van der Waals surface area (Å²) in [5.41, 5.74) is 2.32. The minimum Gasteiger partial charge on any atom is -0.350 e. The zero-order valence-corrected chi connectivity index (χ0v) is 15.0. The SMILES string of the molecule is CC(=O)NC(C(=O)NCc1ccc(CN(C)C)cc1)C1CCCC1. The normalized spacial score (nSPS) is 16.2. The molecule has 2 amide bonds. The fourth-order valence-corrected chi connectivity index (χ4v) is 3.33. The van der Waals surface area contributed by atoms with Crippen LogP contribution in [0.1, 0.15) is 43.7 Å². The lowest BCUT2D eigenvalue weighted by atomic mass is 9.97. The van der Waals surface area contributed by atoms with Crippen molar-refractivity contribution in [1.82, 2.24) is 15.5 Å². The first-order valence-electron chi connectivity index (χ1n) is 8.73. The smallest absolute Gasteiger partial charge is 0.243 e. The zero-order chi connectivity index (χ0) is 17.5. The summed E-state index contributed by atoms with van der Waals surface area (Å²) < 4.78 is 0. The van der Waals surface area contributed by atoms with Crippen LogP contribution >= 0.6 is 0 Å². The Labute approximate surface area is 144 Å². The predicted octanol–water partition coefficient (Wildman–Crippen LogP) is 2.06. The number of nitrogens with one attached hydrogen (secondary N) is 2. The molecule has 0 spiro atoms. The molecule has 1 aromatic carbocycles. The number of hydrogen-bond donors (Lipinski definition) is 2. The molecular formula is C19H29N3O2. The summed E-state index contributed by atoms with van der Waals surface area (Å²) in [5.74, 6) is 0.0425. The molecule has 5 nitrogen and oxygen atoms in total. The molecule has 132 valence electrons. The van der Waals surface area contributed by atoms with E-state index in [-0.39, 0.29) is 17.7 Å². The van der Waals surface area contributed by atoms with E-state index in [9.17, 15) is 9.59 Å². The fraction of sp³-hybridized carbons (Fsp3) is 0.579. The lowest BCUT2D eigenvalue weighted by Gasteiger charge is -2.23. The number of amides is 2. The third-order valence-corrected chi connectivity index (χ3v) is 4.50. The standard InChI is InChI=1S/C19H29N3O2/c1-14(23)21-18(17-6-4-5-7-17)19(24)20-12-15-8-10-16(11-9-15)13-22(2)3/h8-11,17-18H,4-7,12-13H2,1-3H3,(H,20,24)(H,21,23). The van der Waals surface area contributed by atoms with Crippen molar-refractivity contribution in [3.05, 3.63) is 35.4 Å². The summed E-state index contributed by atoms with van der Waals surface area (Å²) in [6, 6.07) is 7.86. The predicted molar refractivity (Wildman–Crippen MR) is 95.2 cm³/mol. The molecule has 1 aliphatic carbocycles. The molecule has 2 N–H and O–H groups in total. The van der Waals surface area contributed by atoms with Crippen molar-refractivity contribution < 1.29 is 9.59 Å². The molecule has 1 atom stereocenters. The highest BCUT2D eigenvalue weighted by Crippen LogP contribution is 2.28. The Kier molecular flexibility index (Phi) is 6.79. The maximum atomic E-state index is 12.5. The third-order valence-electron chi connectivity index (χ3n) is 4.50. The van der Waals surface area contributed by atoms with E-state index in [4.69, 9.17) is 0 Å². The Hall–Kier alpha value is -1.88. The van der Waals surface area contributed by atoms with Gasteiger partial charge in [0.1, 0.15) is 6.04 Å². The lowest BCUT2D eigenvalue weighted by molar-refractivity contribution is -0.129. The molecule has 24 heavy (non-hydrogen) atoms. The minimum atomic E-state index is -0.405. The van der Waals surface area contributed by atoms with Gasteiger partial charge in [0, 0.05) is 20.0 Å². The van der Waals surface area contributed by atoms with Gasteiger partial charge >= 0.3 is 0 Å². The van der Waals surface area contributed by atoms with Gasteiger partial charge in [-0.25, -0.2) is 0 Å². The topological polar surface area (TPSA) is 61.4 Å². The first-order valence-corrected chi connectivity index (χ1v) is 8.73. The van der Waals surface area contributed by atoms with Gasteiger partial charge in [0.15, 0.2) is 0 Å². The lowest BCUT2D eigenvalue weighted by Crippen LogP contribution is -2.49. The molecule has 0 saturated heterocycles. The van der Waals surface area contributed by atoms with Crippen LogP contribution in [0.4, 0.5) is 0 Å². The highest BCUT2D eigenvalue weighted by Gasteiger charge is 2.31. The number of carbonyl (C=O) groups is 2. The Morgan fingerprint density at radius 1 is 1.12 bits per heavy atom. The van der Waals surface area contributed by atoms with Gasteiger partial charge < -0.3 is 15.5 Å². The first-order chi connectivity index (χ1) is 11.5. The molecule has 5 heteroatoms. The fourth-order valence-electron chi connectivity index (χ4n) is 3.33. The van der Waals surface area contributed by atoms with Crippen molar-refractivity contribution in [3.8, 4) is 0 Å². The highest BCUT2D eigenvalue weighted by atomic mass is 16.2. The number of benzene rings is 1. The van der Waals surface area contributed by atoms with Gasteiger partial charge in [0.25, 0.3) is 0 Å². The number of hydrogen-bond acceptors (Lipinski definition) is 3. The van der Waals surface area contributed by atoms with Crippen LogP contribution < -0.4 is 10.6 Å². The van der Waals surface area contributed by atoms with E-state index in [2.05, 4.69) is 27.7 Å². The molecule has 0 heterocycles. The summed E-state index contributed by atoms with van der Waals surface area (Å²) in [6.45, 7) is 2.86. The second-order valence-electron chi connectivity index (χ2n) is 6.99. The number of nitrogens with zero attached hydrogens (tertiary/aromatic N) is 1. The summed E-state index contributed by atoms with van der Waals surface area (Å²) in [5, 5.41) is 5.81. The van der Waals surface area contributed by atoms with E-state index >= 15 is 0 Å². The van der Waals surface area contributed by atoms with Crippen LogP contribution in [-0.2, 0) is 22.7 Å². The third kappa shape index (κ3) is 5.64. The van der Waals surface area contributed by atoms with E-state index in [0.717, 1.165) is 37.8 Å². The monoisotopic (exact) mass is 331 g/mol. The van der Waals surface area contributed by atoms with Crippen molar-refractivity contribution in [2.45, 2.75) is 51.7 Å². The van der Waals surface area contributed by atoms with E-state index in [1.54, 1.807) is 0 Å². The van der Waals surface area contributed by atoms with Crippen molar-refractivity contribution in [2.24, 2.45) is 5.92 Å². The van der Waals surface area contributed by atoms with Crippen molar-refractivity contribution >= 4 is 11.8 Å². The van der Waals surface area contributed by atoms with Gasteiger partial charge in [0.2, 0.25) is 11.8 Å². The molecule has 2 rings (SSSR count). The van der Waals surface area contributed by atoms with E-state index in [0.29, 0.717) is 6.54 Å². The first kappa shape index (κ1) is 18.5. The average Bonchev–Trinajstić information content (AvgIpc) is 3.05. The highest BCUT2D eigenvalue weighted by molar-refractivity contribution is 5.87. The second-order valence-corrected chi connectivity index (χ2v) is 6.99. The van der Waals surface area contributed by atoms with Crippen molar-refractivity contribution in [1.29, 1.82) is 0 Å². The quantitative estimate of drug-likeness (QED) is 0.804. The van der Waals surface area contributed by atoms with Gasteiger partial charge in [-0.05, 0) is 44.0 Å². The summed E-state index contributed by atoms with van der Waals surface area (Å²) in [6.07, 6.45) is 4.30. The van der Waals surface area contributed by atoms with Crippen LogP contribution in [0, 0.1) is 5.92 Å². The summed E-state index contributed by atoms with van der Waals surface area (Å²) >= 11 is 0. The molecule has 0 aromatic heterocycles. The molecule has 1 aliphatic rings. The molecule has 1 fully saturated rings. The Bertz CT molecular complexity index is 548. The van der Waals surface area contributed by atoms with E-state index in [1.165, 1.54) is 12.5 Å².